The van der Waals surface area contributed by atoms with Crippen molar-refractivity contribution in [1.82, 2.24) is 4.98 Å². The van der Waals surface area contributed by atoms with Gasteiger partial charge in [-0.3, -0.25) is 0 Å². The zero-order chi connectivity index (χ0) is 14.3. The second-order valence-electron chi connectivity index (χ2n) is 4.37. The molecule has 0 spiro atoms. The molecular formula is C13H20ClNO3S. The van der Waals surface area contributed by atoms with Gasteiger partial charge in [0.1, 0.15) is 0 Å². The third-order valence-electron chi connectivity index (χ3n) is 2.70. The summed E-state index contributed by atoms with van der Waals surface area (Å²) in [6.45, 7) is 4.19. The average molecular weight is 306 g/mol. The molecule has 6 heteroatoms. The largest absolute Gasteiger partial charge is 0.467 e. The first-order valence-electron chi connectivity index (χ1n) is 6.49. The van der Waals surface area contributed by atoms with Gasteiger partial charge in [0.05, 0.1) is 13.2 Å². The van der Waals surface area contributed by atoms with Crippen LogP contribution >= 0.6 is 22.9 Å². The Morgan fingerprint density at radius 1 is 1.42 bits per heavy atom. The number of unbranched alkanes of at least 4 members (excludes halogenated alkanes) is 3. The minimum Gasteiger partial charge on any atom is -0.467 e. The van der Waals surface area contributed by atoms with E-state index >= 15 is 0 Å². The zero-order valence-electron chi connectivity index (χ0n) is 11.6. The van der Waals surface area contributed by atoms with Gasteiger partial charge in [0.2, 0.25) is 0 Å². The topological polar surface area (TPSA) is 48.4 Å². The van der Waals surface area contributed by atoms with E-state index in [1.165, 1.54) is 26.4 Å². The third-order valence-corrected chi connectivity index (χ3v) is 4.02. The Labute approximate surface area is 123 Å². The quantitative estimate of drug-likeness (QED) is 0.530. The number of thiazole rings is 1. The number of hydrogen-bond acceptors (Lipinski definition) is 5. The monoisotopic (exact) mass is 305 g/mol. The van der Waals surface area contributed by atoms with Crippen LogP contribution in [0, 0.1) is 0 Å². The Kier molecular flexibility index (Phi) is 7.16. The molecule has 4 nitrogen and oxygen atoms in total. The van der Waals surface area contributed by atoms with Crippen molar-refractivity contribution in [1.29, 1.82) is 0 Å². The summed E-state index contributed by atoms with van der Waals surface area (Å²) in [7, 11) is 1.31. The van der Waals surface area contributed by atoms with Crippen molar-refractivity contribution < 1.29 is 14.3 Å². The number of carbonyl (C=O) groups excluding carboxylic acids is 1. The second-order valence-corrected chi connectivity index (χ2v) is 5.69. The number of nitrogens with zero attached hydrogens (tertiary/aromatic N) is 1. The van der Waals surface area contributed by atoms with E-state index in [1.807, 2.05) is 6.92 Å². The molecule has 0 N–H and O–H groups in total. The van der Waals surface area contributed by atoms with Crippen molar-refractivity contribution in [2.45, 2.75) is 52.1 Å². The van der Waals surface area contributed by atoms with Crippen LogP contribution in [0.25, 0.3) is 0 Å². The van der Waals surface area contributed by atoms with Gasteiger partial charge in [-0.05, 0) is 19.8 Å². The van der Waals surface area contributed by atoms with E-state index in [4.69, 9.17) is 16.3 Å². The summed E-state index contributed by atoms with van der Waals surface area (Å²) in [5.74, 6) is -0.479. The van der Waals surface area contributed by atoms with Crippen molar-refractivity contribution in [3.8, 4) is 5.19 Å². The maximum Gasteiger partial charge on any atom is 0.351 e. The number of ether oxygens (including phenoxy) is 2. The molecule has 0 saturated carbocycles. The van der Waals surface area contributed by atoms with Gasteiger partial charge >= 0.3 is 5.97 Å². The number of rotatable bonds is 8. The van der Waals surface area contributed by atoms with Gasteiger partial charge in [0.25, 0.3) is 5.19 Å². The standard InChI is InChI=1S/C13H20ClNO3S/c1-4-5-6-7-8-9(2)18-13-15-11(14)10(19-13)12(16)17-3/h9H,4-8H2,1-3H3. The molecule has 0 aromatic carbocycles. The van der Waals surface area contributed by atoms with Gasteiger partial charge in [0, 0.05) is 0 Å². The van der Waals surface area contributed by atoms with E-state index in [-0.39, 0.29) is 16.1 Å². The molecule has 0 aliphatic carbocycles. The Morgan fingerprint density at radius 2 is 2.16 bits per heavy atom. The molecule has 1 unspecified atom stereocenters. The molecule has 0 saturated heterocycles. The molecule has 0 radical (unpaired) electrons. The Bertz CT molecular complexity index is 409. The minimum atomic E-state index is -0.479. The summed E-state index contributed by atoms with van der Waals surface area (Å²) in [5.41, 5.74) is 0. The van der Waals surface area contributed by atoms with E-state index in [0.717, 1.165) is 24.2 Å². The molecule has 1 atom stereocenters. The van der Waals surface area contributed by atoms with Gasteiger partial charge in [-0.25, -0.2) is 4.79 Å². The van der Waals surface area contributed by atoms with Crippen LogP contribution in [0.4, 0.5) is 0 Å². The van der Waals surface area contributed by atoms with Crippen LogP contribution in [0.5, 0.6) is 5.19 Å². The summed E-state index contributed by atoms with van der Waals surface area (Å²) in [6, 6.07) is 0. The fourth-order valence-corrected chi connectivity index (χ4v) is 2.78. The van der Waals surface area contributed by atoms with Gasteiger partial charge in [-0.15, -0.1) is 0 Å². The molecule has 108 valence electrons. The predicted octanol–water partition coefficient (Wildman–Crippen LogP) is 4.32. The number of halogens is 1. The van der Waals surface area contributed by atoms with Crippen LogP contribution in [0.15, 0.2) is 0 Å². The predicted molar refractivity (Wildman–Crippen MR) is 77.3 cm³/mol. The lowest BCUT2D eigenvalue weighted by atomic mass is 10.1. The molecule has 19 heavy (non-hydrogen) atoms. The van der Waals surface area contributed by atoms with Crippen LogP contribution in [-0.4, -0.2) is 24.2 Å². The van der Waals surface area contributed by atoms with Gasteiger partial charge in [0.15, 0.2) is 10.0 Å². The molecule has 0 amide bonds. The first kappa shape index (κ1) is 16.2. The first-order valence-corrected chi connectivity index (χ1v) is 7.69. The average Bonchev–Trinajstić information content (AvgIpc) is 2.74. The highest BCUT2D eigenvalue weighted by atomic mass is 35.5. The van der Waals surface area contributed by atoms with Crippen LogP contribution in [0.2, 0.25) is 5.15 Å². The van der Waals surface area contributed by atoms with Crippen molar-refractivity contribution in [3.05, 3.63) is 10.0 Å². The normalized spacial score (nSPS) is 12.2. The molecule has 1 aromatic heterocycles. The number of methoxy groups -OCH3 is 1. The van der Waals surface area contributed by atoms with Crippen LogP contribution in [-0.2, 0) is 4.74 Å². The summed E-state index contributed by atoms with van der Waals surface area (Å²) < 4.78 is 10.3. The Morgan fingerprint density at radius 3 is 2.79 bits per heavy atom. The lowest BCUT2D eigenvalue weighted by Gasteiger charge is -2.11. The van der Waals surface area contributed by atoms with Crippen LogP contribution in [0.3, 0.4) is 0 Å². The lowest BCUT2D eigenvalue weighted by molar-refractivity contribution is 0.0606. The van der Waals surface area contributed by atoms with E-state index in [1.54, 1.807) is 0 Å². The Hall–Kier alpha value is -0.810. The second kappa shape index (κ2) is 8.38. The Balaban J connectivity index is 2.46. The van der Waals surface area contributed by atoms with Crippen molar-refractivity contribution >= 4 is 28.9 Å². The molecule has 1 aromatic rings. The molecule has 0 fully saturated rings. The fourth-order valence-electron chi connectivity index (χ4n) is 1.64. The molecule has 0 aliphatic rings. The number of aromatic nitrogens is 1. The van der Waals surface area contributed by atoms with E-state index in [0.29, 0.717) is 5.19 Å². The van der Waals surface area contributed by atoms with E-state index < -0.39 is 5.97 Å². The number of hydrogen-bond donors (Lipinski definition) is 0. The molecule has 1 heterocycles. The zero-order valence-corrected chi connectivity index (χ0v) is 13.1. The van der Waals surface area contributed by atoms with Gasteiger partial charge < -0.3 is 9.47 Å². The maximum atomic E-state index is 11.4. The third kappa shape index (κ3) is 5.37. The summed E-state index contributed by atoms with van der Waals surface area (Å²) in [4.78, 5) is 15.7. The highest BCUT2D eigenvalue weighted by Gasteiger charge is 2.19. The highest BCUT2D eigenvalue weighted by molar-refractivity contribution is 7.15. The first-order chi connectivity index (χ1) is 9.08. The van der Waals surface area contributed by atoms with Crippen LogP contribution < -0.4 is 4.74 Å². The van der Waals surface area contributed by atoms with Crippen molar-refractivity contribution in [2.24, 2.45) is 0 Å². The van der Waals surface area contributed by atoms with Crippen LogP contribution in [0.1, 0.15) is 55.6 Å². The smallest absolute Gasteiger partial charge is 0.351 e. The summed E-state index contributed by atoms with van der Waals surface area (Å²) in [5, 5.41) is 0.568. The number of carbonyl (C=O) groups is 1. The molecule has 0 bridgehead atoms. The van der Waals surface area contributed by atoms with Gasteiger partial charge in [-0.2, -0.15) is 4.98 Å². The van der Waals surface area contributed by atoms with Gasteiger partial charge in [-0.1, -0.05) is 49.1 Å². The summed E-state index contributed by atoms with van der Waals surface area (Å²) in [6.07, 6.45) is 5.88. The molecular weight excluding hydrogens is 286 g/mol. The summed E-state index contributed by atoms with van der Waals surface area (Å²) >= 11 is 6.99. The maximum absolute atomic E-state index is 11.4. The van der Waals surface area contributed by atoms with E-state index in [2.05, 4.69) is 16.6 Å². The highest BCUT2D eigenvalue weighted by Crippen LogP contribution is 2.30. The van der Waals surface area contributed by atoms with Crippen molar-refractivity contribution in [2.75, 3.05) is 7.11 Å². The van der Waals surface area contributed by atoms with E-state index in [9.17, 15) is 4.79 Å². The minimum absolute atomic E-state index is 0.0737. The number of esters is 1. The molecule has 0 aliphatic heterocycles. The molecule has 1 rings (SSSR count). The fraction of sp³-hybridized carbons (Fsp3) is 0.692. The lowest BCUT2D eigenvalue weighted by Crippen LogP contribution is -2.11. The SMILES string of the molecule is CCCCCCC(C)Oc1nc(Cl)c(C(=O)OC)s1. The van der Waals surface area contributed by atoms with Crippen molar-refractivity contribution in [3.63, 3.8) is 0 Å².